The van der Waals surface area contributed by atoms with E-state index in [9.17, 15) is 13.2 Å². The number of hydrogen-bond acceptors (Lipinski definition) is 2. The molecule has 1 rings (SSSR count). The first-order valence-electron chi connectivity index (χ1n) is 5.15. The monoisotopic (exact) mass is 244 g/mol. The van der Waals surface area contributed by atoms with Crippen LogP contribution in [0.25, 0.3) is 5.57 Å². The van der Waals surface area contributed by atoms with E-state index in [4.69, 9.17) is 5.73 Å². The van der Waals surface area contributed by atoms with Crippen molar-refractivity contribution in [3.05, 3.63) is 35.4 Å². The first-order chi connectivity index (χ1) is 7.88. The van der Waals surface area contributed by atoms with Gasteiger partial charge in [0.15, 0.2) is 0 Å². The highest BCUT2D eigenvalue weighted by atomic mass is 19.4. The molecule has 1 aromatic carbocycles. The van der Waals surface area contributed by atoms with Crippen LogP contribution in [-0.2, 0) is 6.18 Å². The van der Waals surface area contributed by atoms with Gasteiger partial charge < -0.3 is 11.1 Å². The van der Waals surface area contributed by atoms with Crippen molar-refractivity contribution in [3.8, 4) is 0 Å². The van der Waals surface area contributed by atoms with Crippen molar-refractivity contribution in [1.82, 2.24) is 5.32 Å². The minimum Gasteiger partial charge on any atom is -0.398 e. The van der Waals surface area contributed by atoms with Gasteiger partial charge in [0.1, 0.15) is 0 Å². The molecule has 2 nitrogen and oxygen atoms in total. The minimum absolute atomic E-state index is 0.218. The van der Waals surface area contributed by atoms with Gasteiger partial charge in [0.25, 0.3) is 0 Å². The van der Waals surface area contributed by atoms with Crippen molar-refractivity contribution in [2.24, 2.45) is 0 Å². The van der Waals surface area contributed by atoms with E-state index in [1.54, 1.807) is 26.1 Å². The molecule has 3 N–H and O–H groups in total. The summed E-state index contributed by atoms with van der Waals surface area (Å²) in [6.07, 6.45) is -2.62. The molecule has 1 aromatic rings. The zero-order chi connectivity index (χ0) is 13.1. The Labute approximate surface area is 98.3 Å². The predicted molar refractivity (Wildman–Crippen MR) is 63.4 cm³/mol. The molecule has 0 heterocycles. The summed E-state index contributed by atoms with van der Waals surface area (Å²) in [7, 11) is 1.76. The number of allylic oxidation sites excluding steroid dienone is 1. The number of halogens is 3. The number of hydrogen-bond donors (Lipinski definition) is 2. The fourth-order valence-electron chi connectivity index (χ4n) is 1.52. The lowest BCUT2D eigenvalue weighted by Crippen LogP contribution is -2.10. The summed E-state index contributed by atoms with van der Waals surface area (Å²) in [6.45, 7) is 2.32. The molecule has 0 aliphatic rings. The Kier molecular flexibility index (Phi) is 4.17. The third-order valence-electron chi connectivity index (χ3n) is 2.45. The summed E-state index contributed by atoms with van der Waals surface area (Å²) in [5, 5.41) is 2.89. The second kappa shape index (κ2) is 5.23. The number of rotatable bonds is 3. The number of anilines is 1. The summed E-state index contributed by atoms with van der Waals surface area (Å²) in [4.78, 5) is 0. The summed E-state index contributed by atoms with van der Waals surface area (Å²) in [5.41, 5.74) is 5.71. The predicted octanol–water partition coefficient (Wildman–Crippen LogP) is 2.91. The van der Waals surface area contributed by atoms with Crippen LogP contribution in [0.3, 0.4) is 0 Å². The van der Waals surface area contributed by atoms with E-state index in [0.717, 1.165) is 11.6 Å². The Morgan fingerprint density at radius 1 is 1.41 bits per heavy atom. The van der Waals surface area contributed by atoms with E-state index in [-0.39, 0.29) is 5.69 Å². The van der Waals surface area contributed by atoms with Crippen LogP contribution in [0.1, 0.15) is 18.1 Å². The first-order valence-corrected chi connectivity index (χ1v) is 5.15. The standard InChI is InChI=1S/C12H15F3N2/c1-8(6-7-17-2)9-4-3-5-10(11(9)16)12(13,14)15/h3-6,17H,7,16H2,1-2H3/b8-6+. The average Bonchev–Trinajstić information content (AvgIpc) is 2.24. The Bertz CT molecular complexity index is 422. The molecule has 0 bridgehead atoms. The average molecular weight is 244 g/mol. The molecule has 0 spiro atoms. The van der Waals surface area contributed by atoms with Gasteiger partial charge in [-0.3, -0.25) is 0 Å². The van der Waals surface area contributed by atoms with Crippen LogP contribution in [0.2, 0.25) is 0 Å². The topological polar surface area (TPSA) is 38.0 Å². The Balaban J connectivity index is 3.20. The summed E-state index contributed by atoms with van der Waals surface area (Å²) in [6, 6.07) is 3.95. The molecule has 0 saturated carbocycles. The molecule has 5 heteroatoms. The highest BCUT2D eigenvalue weighted by Gasteiger charge is 2.33. The molecule has 0 atom stereocenters. The van der Waals surface area contributed by atoms with E-state index in [1.807, 2.05) is 0 Å². The molecule has 0 amide bonds. The molecule has 0 radical (unpaired) electrons. The van der Waals surface area contributed by atoms with Crippen LogP contribution in [0.5, 0.6) is 0 Å². The van der Waals surface area contributed by atoms with Gasteiger partial charge in [0, 0.05) is 12.1 Å². The highest BCUT2D eigenvalue weighted by molar-refractivity contribution is 5.76. The maximum atomic E-state index is 12.6. The fraction of sp³-hybridized carbons (Fsp3) is 0.333. The second-order valence-corrected chi connectivity index (χ2v) is 3.71. The normalized spacial score (nSPS) is 12.9. The molecule has 0 unspecified atom stereocenters. The van der Waals surface area contributed by atoms with Gasteiger partial charge in [-0.1, -0.05) is 18.2 Å². The molecule has 0 aromatic heterocycles. The van der Waals surface area contributed by atoms with Crippen molar-refractivity contribution >= 4 is 11.3 Å². The third kappa shape index (κ3) is 3.23. The first kappa shape index (κ1) is 13.6. The van der Waals surface area contributed by atoms with Crippen LogP contribution in [0.4, 0.5) is 18.9 Å². The lowest BCUT2D eigenvalue weighted by molar-refractivity contribution is -0.136. The van der Waals surface area contributed by atoms with Gasteiger partial charge in [-0.15, -0.1) is 0 Å². The number of alkyl halides is 3. The van der Waals surface area contributed by atoms with Crippen molar-refractivity contribution in [2.45, 2.75) is 13.1 Å². The SMILES string of the molecule is CNC/C=C(\C)c1cccc(C(F)(F)F)c1N. The smallest absolute Gasteiger partial charge is 0.398 e. The van der Waals surface area contributed by atoms with E-state index < -0.39 is 11.7 Å². The molecule has 0 aliphatic carbocycles. The third-order valence-corrected chi connectivity index (χ3v) is 2.45. The molecule has 0 saturated heterocycles. The number of likely N-dealkylation sites (N-methyl/N-ethyl adjacent to an activating group) is 1. The maximum Gasteiger partial charge on any atom is 0.418 e. The number of para-hydroxylation sites is 1. The molecular weight excluding hydrogens is 229 g/mol. The van der Waals surface area contributed by atoms with Crippen molar-refractivity contribution in [3.63, 3.8) is 0 Å². The van der Waals surface area contributed by atoms with E-state index in [2.05, 4.69) is 5.32 Å². The lowest BCUT2D eigenvalue weighted by Gasteiger charge is -2.13. The summed E-state index contributed by atoms with van der Waals surface area (Å²) < 4.78 is 37.9. The van der Waals surface area contributed by atoms with Crippen LogP contribution in [-0.4, -0.2) is 13.6 Å². The van der Waals surface area contributed by atoms with Crippen LogP contribution in [0.15, 0.2) is 24.3 Å². The molecule has 94 valence electrons. The van der Waals surface area contributed by atoms with Crippen molar-refractivity contribution in [1.29, 1.82) is 0 Å². The zero-order valence-electron chi connectivity index (χ0n) is 9.73. The van der Waals surface area contributed by atoms with Crippen molar-refractivity contribution < 1.29 is 13.2 Å². The Morgan fingerprint density at radius 2 is 2.06 bits per heavy atom. The van der Waals surface area contributed by atoms with Gasteiger partial charge >= 0.3 is 6.18 Å². The molecule has 0 aliphatic heterocycles. The van der Waals surface area contributed by atoms with Gasteiger partial charge in [0.05, 0.1) is 11.3 Å². The Hall–Kier alpha value is -1.49. The van der Waals surface area contributed by atoms with E-state index in [0.29, 0.717) is 12.1 Å². The van der Waals surface area contributed by atoms with Crippen molar-refractivity contribution in [2.75, 3.05) is 19.3 Å². The minimum atomic E-state index is -4.41. The summed E-state index contributed by atoms with van der Waals surface area (Å²) >= 11 is 0. The number of benzene rings is 1. The number of nitrogens with one attached hydrogen (secondary N) is 1. The molecular formula is C12H15F3N2. The maximum absolute atomic E-state index is 12.6. The molecule has 17 heavy (non-hydrogen) atoms. The quantitative estimate of drug-likeness (QED) is 0.802. The van der Waals surface area contributed by atoms with Gasteiger partial charge in [0.2, 0.25) is 0 Å². The zero-order valence-corrected chi connectivity index (χ0v) is 9.73. The van der Waals surface area contributed by atoms with E-state index in [1.165, 1.54) is 6.07 Å². The number of nitrogen functional groups attached to an aromatic ring is 1. The van der Waals surface area contributed by atoms with Gasteiger partial charge in [-0.2, -0.15) is 13.2 Å². The highest BCUT2D eigenvalue weighted by Crippen LogP contribution is 2.36. The number of nitrogens with two attached hydrogens (primary N) is 1. The summed E-state index contributed by atoms with van der Waals surface area (Å²) in [5.74, 6) is 0. The lowest BCUT2D eigenvalue weighted by atomic mass is 10.0. The molecule has 0 fully saturated rings. The van der Waals surface area contributed by atoms with Crippen LogP contribution < -0.4 is 11.1 Å². The van der Waals surface area contributed by atoms with Crippen LogP contribution >= 0.6 is 0 Å². The fourth-order valence-corrected chi connectivity index (χ4v) is 1.52. The van der Waals surface area contributed by atoms with Crippen LogP contribution in [0, 0.1) is 0 Å². The Morgan fingerprint density at radius 3 is 2.59 bits per heavy atom. The van der Waals surface area contributed by atoms with Gasteiger partial charge in [-0.25, -0.2) is 0 Å². The largest absolute Gasteiger partial charge is 0.418 e. The van der Waals surface area contributed by atoms with Gasteiger partial charge in [-0.05, 0) is 25.6 Å². The van der Waals surface area contributed by atoms with E-state index >= 15 is 0 Å². The second-order valence-electron chi connectivity index (χ2n) is 3.71.